The Morgan fingerprint density at radius 2 is 2.23 bits per heavy atom. The van der Waals surface area contributed by atoms with Gasteiger partial charge in [0.2, 0.25) is 6.17 Å². The molecule has 0 aromatic heterocycles. The van der Waals surface area contributed by atoms with Crippen molar-refractivity contribution in [1.82, 2.24) is 9.91 Å². The van der Waals surface area contributed by atoms with Gasteiger partial charge in [-0.15, -0.1) is 0 Å². The van der Waals surface area contributed by atoms with E-state index in [-0.39, 0.29) is 6.54 Å². The fourth-order valence-electron chi connectivity index (χ4n) is 1.05. The Balaban J connectivity index is 2.86. The summed E-state index contributed by atoms with van der Waals surface area (Å²) in [6.45, 7) is 1.65. The fraction of sp³-hybridized carbons (Fsp3) is 0.667. The molecule has 1 unspecified atom stereocenters. The van der Waals surface area contributed by atoms with Crippen molar-refractivity contribution >= 4 is 6.34 Å². The van der Waals surface area contributed by atoms with E-state index in [2.05, 4.69) is 5.10 Å². The van der Waals surface area contributed by atoms with Crippen LogP contribution in [-0.2, 0) is 0 Å². The van der Waals surface area contributed by atoms with Crippen LogP contribution in [0.5, 0.6) is 0 Å². The number of nitriles is 1. The molecule has 13 heavy (non-hydrogen) atoms. The summed E-state index contributed by atoms with van der Waals surface area (Å²) in [4.78, 5) is 0.476. The quantitative estimate of drug-likeness (QED) is 0.580. The molecule has 0 amide bonds. The van der Waals surface area contributed by atoms with Gasteiger partial charge in [0.15, 0.2) is 6.19 Å². The normalized spacial score (nSPS) is 22.2. The standard InChI is InChI=1S/C6H7F3N4/c1-2-13-5(6(7,8)9)12(3-10)4-11-13/h4-5H,2H2,1H3. The van der Waals surface area contributed by atoms with Crippen LogP contribution in [0.4, 0.5) is 13.2 Å². The molecule has 0 bridgehead atoms. The van der Waals surface area contributed by atoms with Crippen LogP contribution >= 0.6 is 0 Å². The van der Waals surface area contributed by atoms with Crippen LogP contribution in [0.1, 0.15) is 6.92 Å². The highest BCUT2D eigenvalue weighted by atomic mass is 19.4. The molecule has 1 atom stereocenters. The summed E-state index contributed by atoms with van der Waals surface area (Å²) < 4.78 is 37.0. The molecule has 0 spiro atoms. The van der Waals surface area contributed by atoms with Gasteiger partial charge >= 0.3 is 6.18 Å². The molecular weight excluding hydrogens is 185 g/mol. The molecule has 0 fully saturated rings. The van der Waals surface area contributed by atoms with Gasteiger partial charge in [0.25, 0.3) is 0 Å². The largest absolute Gasteiger partial charge is 0.430 e. The molecule has 1 heterocycles. The Bertz CT molecular complexity index is 254. The van der Waals surface area contributed by atoms with Crippen LogP contribution in [0, 0.1) is 11.5 Å². The highest BCUT2D eigenvalue weighted by Gasteiger charge is 2.49. The second kappa shape index (κ2) is 3.12. The zero-order chi connectivity index (χ0) is 10.1. The van der Waals surface area contributed by atoms with Gasteiger partial charge in [-0.05, 0) is 6.92 Å². The summed E-state index contributed by atoms with van der Waals surface area (Å²) in [6, 6.07) is 0. The lowest BCUT2D eigenvalue weighted by Crippen LogP contribution is -2.48. The van der Waals surface area contributed by atoms with Gasteiger partial charge in [-0.3, -0.25) is 5.01 Å². The van der Waals surface area contributed by atoms with Crippen molar-refractivity contribution in [1.29, 1.82) is 5.26 Å². The maximum atomic E-state index is 12.3. The van der Waals surface area contributed by atoms with Gasteiger partial charge in [0.1, 0.15) is 6.34 Å². The van der Waals surface area contributed by atoms with Gasteiger partial charge in [0.05, 0.1) is 0 Å². The minimum absolute atomic E-state index is 0.110. The topological polar surface area (TPSA) is 42.6 Å². The number of halogens is 3. The minimum Gasteiger partial charge on any atom is -0.263 e. The number of alkyl halides is 3. The average Bonchev–Trinajstić information content (AvgIpc) is 2.45. The van der Waals surface area contributed by atoms with Gasteiger partial charge in [-0.25, -0.2) is 4.90 Å². The fourth-order valence-corrected chi connectivity index (χ4v) is 1.05. The van der Waals surface area contributed by atoms with Gasteiger partial charge in [-0.1, -0.05) is 0 Å². The van der Waals surface area contributed by atoms with Crippen molar-refractivity contribution in [3.05, 3.63) is 0 Å². The first-order chi connectivity index (χ1) is 6.00. The Kier molecular flexibility index (Phi) is 2.32. The van der Waals surface area contributed by atoms with E-state index in [9.17, 15) is 13.2 Å². The molecule has 1 rings (SSSR count). The van der Waals surface area contributed by atoms with Crippen LogP contribution < -0.4 is 0 Å². The van der Waals surface area contributed by atoms with Crippen LogP contribution in [0.25, 0.3) is 0 Å². The van der Waals surface area contributed by atoms with E-state index in [0.717, 1.165) is 11.3 Å². The first-order valence-corrected chi connectivity index (χ1v) is 3.56. The van der Waals surface area contributed by atoms with Crippen molar-refractivity contribution in [2.75, 3.05) is 6.54 Å². The molecule has 1 aliphatic heterocycles. The molecule has 0 aromatic carbocycles. The number of rotatable bonds is 1. The molecule has 0 saturated heterocycles. The zero-order valence-electron chi connectivity index (χ0n) is 6.78. The van der Waals surface area contributed by atoms with E-state index >= 15 is 0 Å². The number of hydrogen-bond donors (Lipinski definition) is 0. The summed E-state index contributed by atoms with van der Waals surface area (Å²) >= 11 is 0. The average molecular weight is 192 g/mol. The Morgan fingerprint density at radius 3 is 2.62 bits per heavy atom. The lowest BCUT2D eigenvalue weighted by molar-refractivity contribution is -0.200. The second-order valence-electron chi connectivity index (χ2n) is 2.41. The number of hydrogen-bond acceptors (Lipinski definition) is 4. The lowest BCUT2D eigenvalue weighted by Gasteiger charge is -2.26. The predicted octanol–water partition coefficient (Wildman–Crippen LogP) is 0.937. The number of hydrazone groups is 1. The molecular formula is C6H7F3N4. The van der Waals surface area contributed by atoms with Crippen molar-refractivity contribution in [2.24, 2.45) is 5.10 Å². The third-order valence-electron chi connectivity index (χ3n) is 1.60. The molecule has 1 aliphatic rings. The van der Waals surface area contributed by atoms with E-state index in [1.54, 1.807) is 0 Å². The molecule has 0 radical (unpaired) electrons. The minimum atomic E-state index is -4.47. The van der Waals surface area contributed by atoms with Gasteiger partial charge < -0.3 is 0 Å². The molecule has 0 N–H and O–H groups in total. The predicted molar refractivity (Wildman–Crippen MR) is 38.2 cm³/mol. The zero-order valence-corrected chi connectivity index (χ0v) is 6.78. The van der Waals surface area contributed by atoms with Gasteiger partial charge in [0, 0.05) is 6.54 Å². The van der Waals surface area contributed by atoms with Crippen molar-refractivity contribution < 1.29 is 13.2 Å². The summed E-state index contributed by atoms with van der Waals surface area (Å²) in [5.41, 5.74) is 0. The molecule has 72 valence electrons. The Labute approximate surface area is 72.8 Å². The van der Waals surface area contributed by atoms with Crippen LogP contribution in [-0.4, -0.2) is 35.1 Å². The molecule has 0 aliphatic carbocycles. The van der Waals surface area contributed by atoms with Crippen molar-refractivity contribution in [3.63, 3.8) is 0 Å². The van der Waals surface area contributed by atoms with Crippen LogP contribution in [0.3, 0.4) is 0 Å². The monoisotopic (exact) mass is 192 g/mol. The number of nitrogens with zero attached hydrogens (tertiary/aromatic N) is 4. The molecule has 0 aromatic rings. The van der Waals surface area contributed by atoms with Gasteiger partial charge in [-0.2, -0.15) is 23.5 Å². The van der Waals surface area contributed by atoms with E-state index in [1.807, 2.05) is 0 Å². The third kappa shape index (κ3) is 1.66. The first-order valence-electron chi connectivity index (χ1n) is 3.56. The molecule has 4 nitrogen and oxygen atoms in total. The van der Waals surface area contributed by atoms with Crippen LogP contribution in [0.15, 0.2) is 5.10 Å². The highest BCUT2D eigenvalue weighted by Crippen LogP contribution is 2.29. The van der Waals surface area contributed by atoms with E-state index < -0.39 is 12.3 Å². The van der Waals surface area contributed by atoms with E-state index in [4.69, 9.17) is 5.26 Å². The smallest absolute Gasteiger partial charge is 0.263 e. The first kappa shape index (κ1) is 9.64. The second-order valence-corrected chi connectivity index (χ2v) is 2.41. The molecule has 7 heteroatoms. The lowest BCUT2D eigenvalue weighted by atomic mass is 10.4. The maximum absolute atomic E-state index is 12.3. The maximum Gasteiger partial charge on any atom is 0.430 e. The van der Waals surface area contributed by atoms with Crippen molar-refractivity contribution in [3.8, 4) is 6.19 Å². The summed E-state index contributed by atoms with van der Waals surface area (Å²) in [5.74, 6) is 0. The van der Waals surface area contributed by atoms with Crippen LogP contribution in [0.2, 0.25) is 0 Å². The highest BCUT2D eigenvalue weighted by molar-refractivity contribution is 5.59. The Hall–Kier alpha value is -1.45. The Morgan fingerprint density at radius 1 is 1.62 bits per heavy atom. The summed E-state index contributed by atoms with van der Waals surface area (Å²) in [5, 5.41) is 12.6. The summed E-state index contributed by atoms with van der Waals surface area (Å²) in [6.07, 6.45) is -4.13. The molecule has 0 saturated carbocycles. The van der Waals surface area contributed by atoms with E-state index in [0.29, 0.717) is 4.90 Å². The third-order valence-corrected chi connectivity index (χ3v) is 1.60. The van der Waals surface area contributed by atoms with Crippen molar-refractivity contribution in [2.45, 2.75) is 19.3 Å². The SMILES string of the molecule is CCN1N=CN(C#N)C1C(F)(F)F. The van der Waals surface area contributed by atoms with E-state index in [1.165, 1.54) is 13.1 Å². The summed E-state index contributed by atoms with van der Waals surface area (Å²) in [7, 11) is 0.